The molecule has 0 saturated heterocycles. The van der Waals surface area contributed by atoms with E-state index in [1.807, 2.05) is 0 Å². The first kappa shape index (κ1) is 54.2. The Balaban J connectivity index is 0.000000308. The van der Waals surface area contributed by atoms with Crippen molar-refractivity contribution < 1.29 is 69.1 Å². The molecule has 0 fully saturated rings. The summed E-state index contributed by atoms with van der Waals surface area (Å²) in [7, 11) is -2.63. The summed E-state index contributed by atoms with van der Waals surface area (Å²) in [4.78, 5) is 0. The molecule has 0 aliphatic heterocycles. The maximum Gasteiger partial charge on any atom is 0.102 e. The molecule has 0 heterocycles. The SMILES string of the molecule is [Cl-].[Cl-].[Cl-].[Cl-].[Rh].c1ccc([PH+](c2ccccc2)c2ccccc2)cc1.c1ccc([PH+](c2ccccc2)c2ccccc2)cc1.c1ccc([PH+](c2ccccc2)c2ccccc2)cc1. The second kappa shape index (κ2) is 30.2. The third-order valence-corrected chi connectivity index (χ3v) is 17.8. The van der Waals surface area contributed by atoms with Crippen LogP contribution in [0.4, 0.5) is 0 Å². The van der Waals surface area contributed by atoms with Crippen molar-refractivity contribution in [3.8, 4) is 0 Å². The molecule has 0 bridgehead atoms. The Morgan fingerprint density at radius 2 is 0.226 bits per heavy atom. The predicted molar refractivity (Wildman–Crippen MR) is 260 cm³/mol. The van der Waals surface area contributed by atoms with E-state index in [1.165, 1.54) is 47.7 Å². The van der Waals surface area contributed by atoms with Gasteiger partial charge in [0.05, 0.1) is 23.8 Å². The summed E-state index contributed by atoms with van der Waals surface area (Å²) in [6, 6.07) is 97.5. The summed E-state index contributed by atoms with van der Waals surface area (Å²) in [5.74, 6) is 0. The van der Waals surface area contributed by atoms with Crippen molar-refractivity contribution >= 4 is 71.5 Å². The molecule has 9 aromatic carbocycles. The number of hydrogen-bond donors (Lipinski definition) is 0. The molecule has 0 N–H and O–H groups in total. The van der Waals surface area contributed by atoms with Crippen molar-refractivity contribution in [3.63, 3.8) is 0 Å². The van der Waals surface area contributed by atoms with E-state index in [2.05, 4.69) is 273 Å². The van der Waals surface area contributed by atoms with Crippen LogP contribution in [0, 0.1) is 0 Å². The normalized spacial score (nSPS) is 9.73. The van der Waals surface area contributed by atoms with Crippen molar-refractivity contribution in [2.24, 2.45) is 0 Å². The molecule has 0 amide bonds. The minimum atomic E-state index is -0.877. The first-order chi connectivity index (χ1) is 28.3. The maximum atomic E-state index is 2.24. The molecule has 0 unspecified atom stereocenters. The number of rotatable bonds is 9. The molecule has 0 aliphatic rings. The van der Waals surface area contributed by atoms with Crippen LogP contribution in [-0.4, -0.2) is 0 Å². The summed E-state index contributed by atoms with van der Waals surface area (Å²) in [6.07, 6.45) is 0. The van der Waals surface area contributed by atoms with E-state index in [9.17, 15) is 0 Å². The van der Waals surface area contributed by atoms with Crippen LogP contribution in [0.1, 0.15) is 0 Å². The van der Waals surface area contributed by atoms with Gasteiger partial charge in [0, 0.05) is 19.5 Å². The molecular formula is C54H48Cl4P3Rh-. The van der Waals surface area contributed by atoms with Gasteiger partial charge in [-0.1, -0.05) is 164 Å². The van der Waals surface area contributed by atoms with E-state index >= 15 is 0 Å². The molecule has 0 saturated carbocycles. The van der Waals surface area contributed by atoms with Crippen LogP contribution < -0.4 is 97.4 Å². The number of hydrogen-bond acceptors (Lipinski definition) is 0. The fraction of sp³-hybridized carbons (Fsp3) is 0. The van der Waals surface area contributed by atoms with Crippen LogP contribution in [0.25, 0.3) is 0 Å². The molecule has 8 heteroatoms. The van der Waals surface area contributed by atoms with Crippen LogP contribution in [0.3, 0.4) is 0 Å². The van der Waals surface area contributed by atoms with Gasteiger partial charge < -0.3 is 49.6 Å². The standard InChI is InChI=1S/3C18H15P.4ClH.Rh/c3*1-4-10-16(11-5-1)19(17-12-6-2-7-13-17)18-14-8-3-9-15-18;;;;;/h3*1-15H;4*1H;/p-1. The van der Waals surface area contributed by atoms with Gasteiger partial charge >= 0.3 is 0 Å². The summed E-state index contributed by atoms with van der Waals surface area (Å²) in [5, 5.41) is 12.9. The molecule has 0 aromatic heterocycles. The first-order valence-corrected chi connectivity index (χ1v) is 23.9. The average Bonchev–Trinajstić information content (AvgIpc) is 3.30. The Bertz CT molecular complexity index is 1880. The van der Waals surface area contributed by atoms with Crippen LogP contribution in [0.2, 0.25) is 0 Å². The number of halogens is 4. The molecule has 0 aliphatic carbocycles. The summed E-state index contributed by atoms with van der Waals surface area (Å²) >= 11 is 0. The zero-order chi connectivity index (χ0) is 38.7. The van der Waals surface area contributed by atoms with E-state index < -0.39 is 23.8 Å². The minimum absolute atomic E-state index is 0. The average molecular weight is 1030 g/mol. The topological polar surface area (TPSA) is 0 Å². The second-order valence-corrected chi connectivity index (χ2v) is 20.9. The van der Waals surface area contributed by atoms with Crippen molar-refractivity contribution in [3.05, 3.63) is 273 Å². The van der Waals surface area contributed by atoms with Crippen LogP contribution in [-0.2, 0) is 19.5 Å². The second-order valence-electron chi connectivity index (χ2n) is 13.4. The van der Waals surface area contributed by atoms with Gasteiger partial charge in [0.25, 0.3) is 0 Å². The fourth-order valence-corrected chi connectivity index (χ4v) is 14.7. The van der Waals surface area contributed by atoms with E-state index in [0.717, 1.165) is 0 Å². The van der Waals surface area contributed by atoms with Crippen LogP contribution in [0.15, 0.2) is 273 Å². The molecule has 0 atom stereocenters. The molecule has 1 radical (unpaired) electrons. The third kappa shape index (κ3) is 15.7. The summed E-state index contributed by atoms with van der Waals surface area (Å²) < 4.78 is 0. The van der Waals surface area contributed by atoms with E-state index in [0.29, 0.717) is 0 Å². The van der Waals surface area contributed by atoms with Gasteiger partial charge in [-0.3, -0.25) is 0 Å². The van der Waals surface area contributed by atoms with Crippen LogP contribution in [0.5, 0.6) is 0 Å². The predicted octanol–water partition coefficient (Wildman–Crippen LogP) is -2.46. The number of benzene rings is 9. The van der Waals surface area contributed by atoms with Gasteiger partial charge in [0.2, 0.25) is 0 Å². The largest absolute Gasteiger partial charge is 1.00 e. The molecule has 62 heavy (non-hydrogen) atoms. The van der Waals surface area contributed by atoms with Gasteiger partial charge in [-0.25, -0.2) is 0 Å². The quantitative estimate of drug-likeness (QED) is 0.112. The molecular weight excluding hydrogens is 986 g/mol. The van der Waals surface area contributed by atoms with Crippen molar-refractivity contribution in [1.82, 2.24) is 0 Å². The maximum absolute atomic E-state index is 2.24. The van der Waals surface area contributed by atoms with Gasteiger partial charge in [0.15, 0.2) is 0 Å². The van der Waals surface area contributed by atoms with Gasteiger partial charge in [-0.05, 0) is 109 Å². The van der Waals surface area contributed by atoms with E-state index in [4.69, 9.17) is 0 Å². The molecule has 317 valence electrons. The van der Waals surface area contributed by atoms with Crippen molar-refractivity contribution in [1.29, 1.82) is 0 Å². The Hall–Kier alpha value is -3.95. The van der Waals surface area contributed by atoms with Gasteiger partial charge in [-0.15, -0.1) is 0 Å². The van der Waals surface area contributed by atoms with Crippen molar-refractivity contribution in [2.45, 2.75) is 0 Å². The van der Waals surface area contributed by atoms with Crippen LogP contribution >= 0.6 is 23.8 Å². The molecule has 0 nitrogen and oxygen atoms in total. The first-order valence-electron chi connectivity index (χ1n) is 19.4. The van der Waals surface area contributed by atoms with Crippen molar-refractivity contribution in [2.75, 3.05) is 0 Å². The minimum Gasteiger partial charge on any atom is -1.00 e. The van der Waals surface area contributed by atoms with E-state index in [-0.39, 0.29) is 69.1 Å². The summed E-state index contributed by atoms with van der Waals surface area (Å²) in [6.45, 7) is 0. The monoisotopic (exact) mass is 1030 g/mol. The zero-order valence-corrected chi connectivity index (χ0v) is 41.5. The smallest absolute Gasteiger partial charge is 0.102 e. The molecule has 9 rings (SSSR count). The summed E-state index contributed by atoms with van der Waals surface area (Å²) in [5.41, 5.74) is 0. The Labute approximate surface area is 410 Å². The van der Waals surface area contributed by atoms with Gasteiger partial charge in [0.1, 0.15) is 47.7 Å². The Morgan fingerprint density at radius 3 is 0.306 bits per heavy atom. The molecule has 0 spiro atoms. The molecule has 9 aromatic rings. The zero-order valence-electron chi connectivity index (χ0n) is 33.8. The third-order valence-electron chi connectivity index (χ3n) is 9.56. The Morgan fingerprint density at radius 1 is 0.145 bits per heavy atom. The Kier molecular flexibility index (Phi) is 26.4. The van der Waals surface area contributed by atoms with E-state index in [1.54, 1.807) is 0 Å². The fourth-order valence-electron chi connectivity index (χ4n) is 6.94. The van der Waals surface area contributed by atoms with Gasteiger partial charge in [-0.2, -0.15) is 0 Å².